The highest BCUT2D eigenvalue weighted by atomic mass is 19.4. The highest BCUT2D eigenvalue weighted by molar-refractivity contribution is 5.38. The van der Waals surface area contributed by atoms with Crippen LogP contribution in [0.3, 0.4) is 0 Å². The molecule has 0 aliphatic carbocycles. The van der Waals surface area contributed by atoms with E-state index in [1.807, 2.05) is 0 Å². The lowest BCUT2D eigenvalue weighted by Crippen LogP contribution is -2.19. The first-order chi connectivity index (χ1) is 9.51. The zero-order valence-electron chi connectivity index (χ0n) is 11.6. The molecule has 2 nitrogen and oxygen atoms in total. The van der Waals surface area contributed by atoms with Crippen LogP contribution in [0.25, 0.3) is 5.69 Å². The Morgan fingerprint density at radius 1 is 1.00 bits per heavy atom. The second kappa shape index (κ2) is 4.82. The van der Waals surface area contributed by atoms with Crippen molar-refractivity contribution >= 4 is 0 Å². The predicted molar refractivity (Wildman–Crippen MR) is 67.2 cm³/mol. The van der Waals surface area contributed by atoms with Gasteiger partial charge in [0, 0.05) is 5.41 Å². The number of rotatable bonds is 1. The van der Waals surface area contributed by atoms with Gasteiger partial charge >= 0.3 is 6.18 Å². The molecule has 1 heterocycles. The van der Waals surface area contributed by atoms with E-state index in [0.29, 0.717) is 4.68 Å². The second-order valence-electron chi connectivity index (χ2n) is 5.64. The largest absolute Gasteiger partial charge is 0.435 e. The Bertz CT molecular complexity index is 645. The maximum absolute atomic E-state index is 13.8. The summed E-state index contributed by atoms with van der Waals surface area (Å²) in [5.74, 6) is -1.95. The molecule has 1 aromatic heterocycles. The van der Waals surface area contributed by atoms with Crippen LogP contribution in [0.1, 0.15) is 32.2 Å². The number of alkyl halides is 3. The highest BCUT2D eigenvalue weighted by Gasteiger charge is 2.37. The van der Waals surface area contributed by atoms with E-state index in [-0.39, 0.29) is 5.69 Å². The summed E-state index contributed by atoms with van der Waals surface area (Å²) in [6, 6.07) is 3.89. The first kappa shape index (κ1) is 15.5. The van der Waals surface area contributed by atoms with Gasteiger partial charge in [-0.05, 0) is 18.2 Å². The Kier molecular flexibility index (Phi) is 3.55. The Morgan fingerprint density at radius 2 is 1.52 bits per heavy atom. The van der Waals surface area contributed by atoms with Crippen LogP contribution in [0, 0.1) is 11.6 Å². The molecule has 1 aromatic carbocycles. The summed E-state index contributed by atoms with van der Waals surface area (Å²) in [5.41, 5.74) is -2.50. The number of nitrogens with zero attached hydrogens (tertiary/aromatic N) is 2. The third-order valence-electron chi connectivity index (χ3n) is 2.92. The maximum Gasteiger partial charge on any atom is 0.435 e. The molecule has 21 heavy (non-hydrogen) atoms. The Balaban J connectivity index is 2.76. The normalized spacial score (nSPS) is 12.8. The van der Waals surface area contributed by atoms with Crippen molar-refractivity contribution in [3.8, 4) is 5.69 Å². The lowest BCUT2D eigenvalue weighted by Gasteiger charge is -2.20. The van der Waals surface area contributed by atoms with Gasteiger partial charge in [-0.2, -0.15) is 18.3 Å². The molecule has 0 saturated carbocycles. The minimum absolute atomic E-state index is 0.0684. The molecule has 0 radical (unpaired) electrons. The lowest BCUT2D eigenvalue weighted by atomic mass is 9.91. The molecule has 0 amide bonds. The van der Waals surface area contributed by atoms with E-state index < -0.39 is 34.6 Å². The summed E-state index contributed by atoms with van der Waals surface area (Å²) in [7, 11) is 0. The van der Waals surface area contributed by atoms with Crippen molar-refractivity contribution in [1.82, 2.24) is 9.78 Å². The third-order valence-corrected chi connectivity index (χ3v) is 2.92. The van der Waals surface area contributed by atoms with Crippen LogP contribution in [-0.4, -0.2) is 9.78 Å². The number of aromatic nitrogens is 2. The second-order valence-corrected chi connectivity index (χ2v) is 5.64. The van der Waals surface area contributed by atoms with Gasteiger partial charge in [0.05, 0.1) is 5.69 Å². The van der Waals surface area contributed by atoms with E-state index in [2.05, 4.69) is 5.10 Å². The van der Waals surface area contributed by atoms with Crippen molar-refractivity contribution < 1.29 is 22.0 Å². The van der Waals surface area contributed by atoms with Gasteiger partial charge in [-0.1, -0.05) is 26.8 Å². The quantitative estimate of drug-likeness (QED) is 0.711. The molecule has 114 valence electrons. The van der Waals surface area contributed by atoms with Gasteiger partial charge in [0.1, 0.15) is 5.69 Å². The molecule has 0 N–H and O–H groups in total. The Hall–Kier alpha value is -1.92. The van der Waals surface area contributed by atoms with Crippen molar-refractivity contribution in [3.05, 3.63) is 47.3 Å². The summed E-state index contributed by atoms with van der Waals surface area (Å²) >= 11 is 0. The summed E-state index contributed by atoms with van der Waals surface area (Å²) in [6.45, 7) is 4.91. The van der Waals surface area contributed by atoms with Crippen LogP contribution in [0.5, 0.6) is 0 Å². The molecule has 0 spiro atoms. The van der Waals surface area contributed by atoms with Gasteiger partial charge in [-0.25, -0.2) is 13.5 Å². The SMILES string of the molecule is CC(C)(C)c1cc(C(F)(F)F)nn1-c1c(F)cccc1F. The maximum atomic E-state index is 13.8. The molecule has 7 heteroatoms. The van der Waals surface area contributed by atoms with Crippen LogP contribution >= 0.6 is 0 Å². The van der Waals surface area contributed by atoms with Gasteiger partial charge in [0.25, 0.3) is 0 Å². The fourth-order valence-electron chi connectivity index (χ4n) is 1.92. The van der Waals surface area contributed by atoms with Gasteiger partial charge in [0.15, 0.2) is 17.3 Å². The molecule has 0 fully saturated rings. The molecular formula is C14H13F5N2. The highest BCUT2D eigenvalue weighted by Crippen LogP contribution is 2.34. The number of para-hydroxylation sites is 1. The molecule has 0 saturated heterocycles. The average molecular weight is 304 g/mol. The zero-order chi connectivity index (χ0) is 16.0. The van der Waals surface area contributed by atoms with Crippen LogP contribution in [-0.2, 0) is 11.6 Å². The molecule has 2 rings (SSSR count). The summed E-state index contributed by atoms with van der Waals surface area (Å²) in [6.07, 6.45) is -4.69. The van der Waals surface area contributed by atoms with Crippen molar-refractivity contribution in [2.24, 2.45) is 0 Å². The van der Waals surface area contributed by atoms with Gasteiger partial charge in [-0.15, -0.1) is 0 Å². The molecule has 0 aliphatic rings. The van der Waals surface area contributed by atoms with Gasteiger partial charge in [0.2, 0.25) is 0 Å². The van der Waals surface area contributed by atoms with Crippen LogP contribution in [0.4, 0.5) is 22.0 Å². The fourth-order valence-corrected chi connectivity index (χ4v) is 1.92. The molecule has 0 unspecified atom stereocenters. The number of hydrogen-bond donors (Lipinski definition) is 0. The monoisotopic (exact) mass is 304 g/mol. The van der Waals surface area contributed by atoms with E-state index in [1.54, 1.807) is 20.8 Å². The lowest BCUT2D eigenvalue weighted by molar-refractivity contribution is -0.141. The smallest absolute Gasteiger partial charge is 0.231 e. The van der Waals surface area contributed by atoms with Crippen LogP contribution in [0.2, 0.25) is 0 Å². The summed E-state index contributed by atoms with van der Waals surface area (Å²) in [5, 5.41) is 3.35. The van der Waals surface area contributed by atoms with E-state index in [4.69, 9.17) is 0 Å². The standard InChI is InChI=1S/C14H13F5N2/c1-13(2,3)11-7-10(14(17,18)19)20-21(11)12-8(15)5-4-6-9(12)16/h4-7H,1-3H3. The van der Waals surface area contributed by atoms with Crippen molar-refractivity contribution in [2.75, 3.05) is 0 Å². The van der Waals surface area contributed by atoms with Crippen LogP contribution in [0.15, 0.2) is 24.3 Å². The topological polar surface area (TPSA) is 17.8 Å². The van der Waals surface area contributed by atoms with E-state index in [9.17, 15) is 22.0 Å². The van der Waals surface area contributed by atoms with Crippen molar-refractivity contribution in [2.45, 2.75) is 32.4 Å². The molecular weight excluding hydrogens is 291 g/mol. The van der Waals surface area contributed by atoms with E-state index in [0.717, 1.165) is 24.3 Å². The Labute approximate surface area is 118 Å². The van der Waals surface area contributed by atoms with Crippen LogP contribution < -0.4 is 0 Å². The number of hydrogen-bond acceptors (Lipinski definition) is 1. The van der Waals surface area contributed by atoms with Gasteiger partial charge in [-0.3, -0.25) is 0 Å². The Morgan fingerprint density at radius 3 is 1.95 bits per heavy atom. The average Bonchev–Trinajstić information content (AvgIpc) is 2.72. The summed E-state index contributed by atoms with van der Waals surface area (Å²) in [4.78, 5) is 0. The first-order valence-corrected chi connectivity index (χ1v) is 6.14. The minimum Gasteiger partial charge on any atom is -0.231 e. The molecule has 0 bridgehead atoms. The van der Waals surface area contributed by atoms with E-state index in [1.165, 1.54) is 0 Å². The van der Waals surface area contributed by atoms with Crippen molar-refractivity contribution in [3.63, 3.8) is 0 Å². The fraction of sp³-hybridized carbons (Fsp3) is 0.357. The minimum atomic E-state index is -4.69. The number of halogens is 5. The molecule has 0 aliphatic heterocycles. The first-order valence-electron chi connectivity index (χ1n) is 6.14. The van der Waals surface area contributed by atoms with Crippen molar-refractivity contribution in [1.29, 1.82) is 0 Å². The van der Waals surface area contributed by atoms with Gasteiger partial charge < -0.3 is 0 Å². The predicted octanol–water partition coefficient (Wildman–Crippen LogP) is 4.47. The summed E-state index contributed by atoms with van der Waals surface area (Å²) < 4.78 is 66.8. The number of benzene rings is 1. The third kappa shape index (κ3) is 2.91. The molecule has 2 aromatic rings. The molecule has 0 atom stereocenters. The zero-order valence-corrected chi connectivity index (χ0v) is 11.6. The van der Waals surface area contributed by atoms with E-state index >= 15 is 0 Å².